The Hall–Kier alpha value is -1.79. The van der Waals surface area contributed by atoms with E-state index in [1.807, 2.05) is 16.3 Å². The number of likely N-dealkylation sites (tertiary alicyclic amines) is 1. The van der Waals surface area contributed by atoms with E-state index in [0.29, 0.717) is 24.8 Å². The molecule has 2 aromatic rings. The molecule has 2 heterocycles. The maximum atomic E-state index is 13.3. The van der Waals surface area contributed by atoms with Gasteiger partial charge in [-0.15, -0.1) is 11.3 Å². The molecule has 1 amide bonds. The lowest BCUT2D eigenvalue weighted by molar-refractivity contribution is -0.132. The summed E-state index contributed by atoms with van der Waals surface area (Å²) in [5, 5.41) is 2.63. The molecule has 2 N–H and O–H groups in total. The standard InChI is InChI=1S/C18H22FN3OS/c1-12-10-22(6-5-14(12)9-20)17(23)8-16-11-24-18(21-16)13-3-2-4-15(19)7-13/h2-4,7,11-12,14H,5-6,8-10,20H2,1H3. The molecule has 2 unspecified atom stereocenters. The van der Waals surface area contributed by atoms with Crippen LogP contribution in [-0.2, 0) is 11.2 Å². The van der Waals surface area contributed by atoms with Crippen molar-refractivity contribution < 1.29 is 9.18 Å². The molecular formula is C18H22FN3OS. The SMILES string of the molecule is CC1CN(C(=O)Cc2csc(-c3cccc(F)c3)n2)CCC1CN. The third-order valence-electron chi connectivity index (χ3n) is 4.69. The fourth-order valence-corrected chi connectivity index (χ4v) is 4.00. The maximum absolute atomic E-state index is 13.3. The highest BCUT2D eigenvalue weighted by Crippen LogP contribution is 2.26. The minimum absolute atomic E-state index is 0.105. The van der Waals surface area contributed by atoms with E-state index in [4.69, 9.17) is 5.73 Å². The summed E-state index contributed by atoms with van der Waals surface area (Å²) in [4.78, 5) is 18.9. The molecule has 1 saturated heterocycles. The smallest absolute Gasteiger partial charge is 0.228 e. The molecule has 1 aliphatic heterocycles. The molecule has 1 fully saturated rings. The Balaban J connectivity index is 1.63. The lowest BCUT2D eigenvalue weighted by atomic mass is 9.87. The van der Waals surface area contributed by atoms with Gasteiger partial charge in [0.15, 0.2) is 0 Å². The van der Waals surface area contributed by atoms with Crippen LogP contribution in [0, 0.1) is 17.7 Å². The topological polar surface area (TPSA) is 59.2 Å². The lowest BCUT2D eigenvalue weighted by Crippen LogP contribution is -2.45. The second kappa shape index (κ2) is 7.40. The van der Waals surface area contributed by atoms with Crippen molar-refractivity contribution in [1.29, 1.82) is 0 Å². The number of thiazole rings is 1. The fraction of sp³-hybridized carbons (Fsp3) is 0.444. The summed E-state index contributed by atoms with van der Waals surface area (Å²) in [5.74, 6) is 0.768. The lowest BCUT2D eigenvalue weighted by Gasteiger charge is -2.36. The molecule has 1 aromatic heterocycles. The zero-order chi connectivity index (χ0) is 17.1. The van der Waals surface area contributed by atoms with Crippen molar-refractivity contribution in [3.8, 4) is 10.6 Å². The molecule has 3 rings (SSSR count). The van der Waals surface area contributed by atoms with Crippen LogP contribution in [0.3, 0.4) is 0 Å². The van der Waals surface area contributed by atoms with Gasteiger partial charge in [-0.05, 0) is 36.9 Å². The maximum Gasteiger partial charge on any atom is 0.228 e. The van der Waals surface area contributed by atoms with Gasteiger partial charge >= 0.3 is 0 Å². The quantitative estimate of drug-likeness (QED) is 0.925. The molecular weight excluding hydrogens is 325 g/mol. The highest BCUT2D eigenvalue weighted by molar-refractivity contribution is 7.13. The number of carbonyl (C=O) groups excluding carboxylic acids is 1. The Kier molecular flexibility index (Phi) is 5.26. The molecule has 0 spiro atoms. The summed E-state index contributed by atoms with van der Waals surface area (Å²) >= 11 is 1.44. The van der Waals surface area contributed by atoms with Crippen LogP contribution in [0.2, 0.25) is 0 Å². The molecule has 6 heteroatoms. The van der Waals surface area contributed by atoms with Gasteiger partial charge in [0.25, 0.3) is 0 Å². The zero-order valence-electron chi connectivity index (χ0n) is 13.7. The van der Waals surface area contributed by atoms with Crippen molar-refractivity contribution in [2.45, 2.75) is 19.8 Å². The highest BCUT2D eigenvalue weighted by atomic mass is 32.1. The number of piperidine rings is 1. The first-order valence-electron chi connectivity index (χ1n) is 8.25. The number of hydrogen-bond donors (Lipinski definition) is 1. The van der Waals surface area contributed by atoms with Crippen molar-refractivity contribution in [3.05, 3.63) is 41.2 Å². The number of aromatic nitrogens is 1. The molecule has 1 aliphatic rings. The molecule has 0 radical (unpaired) electrons. The third kappa shape index (κ3) is 3.82. The van der Waals surface area contributed by atoms with Crippen LogP contribution >= 0.6 is 11.3 Å². The average Bonchev–Trinajstić information content (AvgIpc) is 3.03. The number of rotatable bonds is 4. The summed E-state index contributed by atoms with van der Waals surface area (Å²) in [7, 11) is 0. The van der Waals surface area contributed by atoms with E-state index in [2.05, 4.69) is 11.9 Å². The van der Waals surface area contributed by atoms with Crippen LogP contribution in [0.25, 0.3) is 10.6 Å². The number of amides is 1. The van der Waals surface area contributed by atoms with Crippen molar-refractivity contribution in [1.82, 2.24) is 9.88 Å². The second-order valence-corrected chi connectivity index (χ2v) is 7.29. The van der Waals surface area contributed by atoms with Crippen LogP contribution in [0.4, 0.5) is 4.39 Å². The minimum atomic E-state index is -0.280. The van der Waals surface area contributed by atoms with Gasteiger partial charge in [-0.3, -0.25) is 4.79 Å². The summed E-state index contributed by atoms with van der Waals surface area (Å²) in [5.41, 5.74) is 7.26. The first-order chi connectivity index (χ1) is 11.6. The minimum Gasteiger partial charge on any atom is -0.342 e. The number of nitrogens with zero attached hydrogens (tertiary/aromatic N) is 2. The summed E-state index contributed by atoms with van der Waals surface area (Å²) in [6.45, 7) is 4.38. The van der Waals surface area contributed by atoms with Gasteiger partial charge in [0.05, 0.1) is 12.1 Å². The number of carbonyl (C=O) groups is 1. The second-order valence-electron chi connectivity index (χ2n) is 6.43. The first kappa shape index (κ1) is 17.0. The summed E-state index contributed by atoms with van der Waals surface area (Å²) < 4.78 is 13.3. The third-order valence-corrected chi connectivity index (χ3v) is 5.63. The molecule has 0 bridgehead atoms. The van der Waals surface area contributed by atoms with Crippen molar-refractivity contribution in [3.63, 3.8) is 0 Å². The van der Waals surface area contributed by atoms with E-state index in [-0.39, 0.29) is 11.7 Å². The Morgan fingerprint density at radius 2 is 2.33 bits per heavy atom. The molecule has 1 aromatic carbocycles. The monoisotopic (exact) mass is 347 g/mol. The van der Waals surface area contributed by atoms with E-state index in [1.54, 1.807) is 6.07 Å². The van der Waals surface area contributed by atoms with Gasteiger partial charge in [0.2, 0.25) is 5.91 Å². The predicted octanol–water partition coefficient (Wildman–Crippen LogP) is 2.94. The van der Waals surface area contributed by atoms with Crippen molar-refractivity contribution >= 4 is 17.2 Å². The van der Waals surface area contributed by atoms with E-state index in [0.717, 1.165) is 35.8 Å². The fourth-order valence-electron chi connectivity index (χ4n) is 3.18. The van der Waals surface area contributed by atoms with Crippen LogP contribution in [-0.4, -0.2) is 35.4 Å². The zero-order valence-corrected chi connectivity index (χ0v) is 14.6. The van der Waals surface area contributed by atoms with Gasteiger partial charge in [0, 0.05) is 24.0 Å². The van der Waals surface area contributed by atoms with Crippen LogP contribution in [0.5, 0.6) is 0 Å². The molecule has 24 heavy (non-hydrogen) atoms. The van der Waals surface area contributed by atoms with Gasteiger partial charge in [-0.25, -0.2) is 9.37 Å². The number of benzene rings is 1. The Labute approximate surface area is 145 Å². The van der Waals surface area contributed by atoms with Gasteiger partial charge in [-0.1, -0.05) is 19.1 Å². The van der Waals surface area contributed by atoms with Crippen LogP contribution < -0.4 is 5.73 Å². The summed E-state index contributed by atoms with van der Waals surface area (Å²) in [6.07, 6.45) is 1.26. The molecule has 0 saturated carbocycles. The van der Waals surface area contributed by atoms with Gasteiger partial charge in [-0.2, -0.15) is 0 Å². The molecule has 0 aliphatic carbocycles. The van der Waals surface area contributed by atoms with Crippen molar-refractivity contribution in [2.75, 3.05) is 19.6 Å². The highest BCUT2D eigenvalue weighted by Gasteiger charge is 2.27. The summed E-state index contributed by atoms with van der Waals surface area (Å²) in [6, 6.07) is 6.37. The Morgan fingerprint density at radius 1 is 1.50 bits per heavy atom. The van der Waals surface area contributed by atoms with E-state index in [1.165, 1.54) is 23.5 Å². The first-order valence-corrected chi connectivity index (χ1v) is 9.13. The van der Waals surface area contributed by atoms with Crippen LogP contribution in [0.15, 0.2) is 29.6 Å². The number of nitrogens with two attached hydrogens (primary N) is 1. The van der Waals surface area contributed by atoms with E-state index >= 15 is 0 Å². The van der Waals surface area contributed by atoms with Crippen molar-refractivity contribution in [2.24, 2.45) is 17.6 Å². The van der Waals surface area contributed by atoms with Crippen LogP contribution in [0.1, 0.15) is 19.0 Å². The van der Waals surface area contributed by atoms with Gasteiger partial charge in [0.1, 0.15) is 10.8 Å². The average molecular weight is 347 g/mol. The van der Waals surface area contributed by atoms with E-state index in [9.17, 15) is 9.18 Å². The van der Waals surface area contributed by atoms with Gasteiger partial charge < -0.3 is 10.6 Å². The molecule has 4 nitrogen and oxygen atoms in total. The Morgan fingerprint density at radius 3 is 3.04 bits per heavy atom. The largest absolute Gasteiger partial charge is 0.342 e. The predicted molar refractivity (Wildman–Crippen MR) is 94.1 cm³/mol. The number of hydrogen-bond acceptors (Lipinski definition) is 4. The number of halogens is 1. The Bertz CT molecular complexity index is 718. The van der Waals surface area contributed by atoms with E-state index < -0.39 is 0 Å². The molecule has 128 valence electrons. The molecule has 2 atom stereocenters. The normalized spacial score (nSPS) is 21.0.